The van der Waals surface area contributed by atoms with E-state index < -0.39 is 5.91 Å². The van der Waals surface area contributed by atoms with Gasteiger partial charge in [0.05, 0.1) is 16.8 Å². The van der Waals surface area contributed by atoms with Crippen LogP contribution in [-0.4, -0.2) is 22.6 Å². The van der Waals surface area contributed by atoms with Crippen molar-refractivity contribution in [1.82, 2.24) is 15.8 Å². The van der Waals surface area contributed by atoms with Gasteiger partial charge in [0.1, 0.15) is 5.82 Å². The lowest BCUT2D eigenvalue weighted by molar-refractivity contribution is -0.133. The lowest BCUT2D eigenvalue weighted by Gasteiger charge is -2.22. The third-order valence-electron chi connectivity index (χ3n) is 5.54. The highest BCUT2D eigenvalue weighted by Crippen LogP contribution is 2.22. The van der Waals surface area contributed by atoms with Crippen molar-refractivity contribution in [2.24, 2.45) is 11.8 Å². The molecule has 1 heterocycles. The summed E-state index contributed by atoms with van der Waals surface area (Å²) in [5, 5.41) is 13.3. The highest BCUT2D eigenvalue weighted by Gasteiger charge is 2.20. The number of carbonyl (C=O) groups excluding carboxylic acids is 1. The number of benzene rings is 1. The van der Waals surface area contributed by atoms with E-state index in [4.69, 9.17) is 16.8 Å². The van der Waals surface area contributed by atoms with Crippen molar-refractivity contribution in [2.75, 3.05) is 6.54 Å². The van der Waals surface area contributed by atoms with Gasteiger partial charge in [-0.05, 0) is 74.4 Å². The number of aryl methyl sites for hydroxylation is 2. The Hall–Kier alpha value is -2.02. The van der Waals surface area contributed by atoms with Gasteiger partial charge in [-0.1, -0.05) is 44.0 Å². The SMILES string of the molecule is Cc1cc(C[C@H](CCCCN[C@@H](c2ccc(Cl)cn2)C(C)C)C(=O)NO)cc(C)c1F. The largest absolute Gasteiger partial charge is 0.308 e. The number of hydroxylamine groups is 1. The Morgan fingerprint density at radius 1 is 1.19 bits per heavy atom. The summed E-state index contributed by atoms with van der Waals surface area (Å²) in [6.07, 6.45) is 4.46. The topological polar surface area (TPSA) is 74.2 Å². The van der Waals surface area contributed by atoms with Gasteiger partial charge in [-0.2, -0.15) is 0 Å². The van der Waals surface area contributed by atoms with E-state index in [0.29, 0.717) is 34.9 Å². The average molecular weight is 450 g/mol. The molecule has 1 amide bonds. The molecule has 0 spiro atoms. The molecule has 0 bridgehead atoms. The molecule has 2 aromatic rings. The molecule has 0 saturated carbocycles. The molecule has 0 unspecified atom stereocenters. The first-order chi connectivity index (χ1) is 14.7. The summed E-state index contributed by atoms with van der Waals surface area (Å²) in [7, 11) is 0. The summed E-state index contributed by atoms with van der Waals surface area (Å²) in [6, 6.07) is 7.45. The number of pyridine rings is 1. The third kappa shape index (κ3) is 7.56. The number of halogens is 2. The summed E-state index contributed by atoms with van der Waals surface area (Å²) in [4.78, 5) is 16.6. The van der Waals surface area contributed by atoms with E-state index in [9.17, 15) is 9.18 Å². The molecule has 0 aliphatic carbocycles. The molecule has 2 rings (SSSR count). The number of carbonyl (C=O) groups is 1. The second kappa shape index (κ2) is 12.1. The fraction of sp³-hybridized carbons (Fsp3) is 0.500. The Morgan fingerprint density at radius 2 is 1.87 bits per heavy atom. The number of amides is 1. The number of rotatable bonds is 11. The summed E-state index contributed by atoms with van der Waals surface area (Å²) in [6.45, 7) is 8.51. The van der Waals surface area contributed by atoms with Crippen LogP contribution in [0.2, 0.25) is 5.02 Å². The van der Waals surface area contributed by atoms with Gasteiger partial charge in [0.25, 0.3) is 0 Å². The quantitative estimate of drug-likeness (QED) is 0.247. The van der Waals surface area contributed by atoms with Crippen LogP contribution in [0.4, 0.5) is 4.39 Å². The van der Waals surface area contributed by atoms with Crippen LogP contribution in [0.5, 0.6) is 0 Å². The van der Waals surface area contributed by atoms with Crippen LogP contribution in [0.25, 0.3) is 0 Å². The van der Waals surface area contributed by atoms with Crippen molar-refractivity contribution in [3.05, 3.63) is 63.7 Å². The second-order valence-electron chi connectivity index (χ2n) is 8.49. The van der Waals surface area contributed by atoms with Crippen molar-refractivity contribution in [2.45, 2.75) is 59.4 Å². The zero-order chi connectivity index (χ0) is 23.0. The minimum Gasteiger partial charge on any atom is -0.308 e. The molecular weight excluding hydrogens is 417 g/mol. The van der Waals surface area contributed by atoms with Crippen molar-refractivity contribution in [3.63, 3.8) is 0 Å². The van der Waals surface area contributed by atoms with Crippen molar-refractivity contribution in [3.8, 4) is 0 Å². The smallest absolute Gasteiger partial charge is 0.246 e. The van der Waals surface area contributed by atoms with E-state index >= 15 is 0 Å². The van der Waals surface area contributed by atoms with E-state index in [1.165, 1.54) is 0 Å². The molecule has 1 aromatic carbocycles. The highest BCUT2D eigenvalue weighted by atomic mass is 35.5. The number of hydrogen-bond donors (Lipinski definition) is 3. The number of unbranched alkanes of at least 4 members (excludes halogenated alkanes) is 1. The molecule has 7 heteroatoms. The number of nitrogens with one attached hydrogen (secondary N) is 2. The lowest BCUT2D eigenvalue weighted by Crippen LogP contribution is -2.30. The molecule has 5 nitrogen and oxygen atoms in total. The molecule has 31 heavy (non-hydrogen) atoms. The van der Waals surface area contributed by atoms with Crippen LogP contribution in [0.15, 0.2) is 30.5 Å². The number of nitrogens with zero attached hydrogens (tertiary/aromatic N) is 1. The van der Waals surface area contributed by atoms with Gasteiger partial charge in [0.2, 0.25) is 5.91 Å². The van der Waals surface area contributed by atoms with E-state index in [1.807, 2.05) is 12.1 Å². The Labute approximate surface area is 189 Å². The van der Waals surface area contributed by atoms with Gasteiger partial charge >= 0.3 is 0 Å². The summed E-state index contributed by atoms with van der Waals surface area (Å²) in [5.41, 5.74) is 4.77. The van der Waals surface area contributed by atoms with Gasteiger partial charge in [-0.15, -0.1) is 0 Å². The molecule has 170 valence electrons. The van der Waals surface area contributed by atoms with E-state index in [-0.39, 0.29) is 17.8 Å². The van der Waals surface area contributed by atoms with Gasteiger partial charge < -0.3 is 5.32 Å². The molecule has 0 saturated heterocycles. The minimum absolute atomic E-state index is 0.124. The maximum atomic E-state index is 13.9. The van der Waals surface area contributed by atoms with Crippen LogP contribution < -0.4 is 10.8 Å². The molecule has 3 N–H and O–H groups in total. The van der Waals surface area contributed by atoms with Crippen LogP contribution in [0.1, 0.15) is 61.5 Å². The van der Waals surface area contributed by atoms with Crippen LogP contribution in [0, 0.1) is 31.5 Å². The van der Waals surface area contributed by atoms with E-state index in [1.54, 1.807) is 37.7 Å². The maximum Gasteiger partial charge on any atom is 0.246 e. The Balaban J connectivity index is 1.89. The van der Waals surface area contributed by atoms with E-state index in [0.717, 1.165) is 30.6 Å². The monoisotopic (exact) mass is 449 g/mol. The first kappa shape index (κ1) is 25.2. The fourth-order valence-corrected chi connectivity index (χ4v) is 3.99. The first-order valence-electron chi connectivity index (χ1n) is 10.8. The molecule has 1 aromatic heterocycles. The minimum atomic E-state index is -0.405. The highest BCUT2D eigenvalue weighted by molar-refractivity contribution is 6.30. The van der Waals surface area contributed by atoms with Gasteiger partial charge in [-0.3, -0.25) is 15.0 Å². The lowest BCUT2D eigenvalue weighted by atomic mass is 9.91. The predicted octanol–water partition coefficient (Wildman–Crippen LogP) is 5.31. The molecule has 0 aliphatic heterocycles. The van der Waals surface area contributed by atoms with Crippen molar-refractivity contribution < 1.29 is 14.4 Å². The Morgan fingerprint density at radius 3 is 2.42 bits per heavy atom. The predicted molar refractivity (Wildman–Crippen MR) is 122 cm³/mol. The van der Waals surface area contributed by atoms with E-state index in [2.05, 4.69) is 24.1 Å². The standard InChI is InChI=1S/C24H33ClFN3O2/c1-15(2)23(21-9-8-20(25)14-28-21)27-10-6-5-7-19(24(30)29-31)13-18-11-16(3)22(26)17(4)12-18/h8-9,11-12,14-15,19,23,27,31H,5-7,10,13H2,1-4H3,(H,29,30)/t19-,23+/m0/s1. The third-order valence-corrected chi connectivity index (χ3v) is 5.76. The molecule has 2 atom stereocenters. The van der Waals surface area contributed by atoms with Gasteiger partial charge in [0, 0.05) is 12.1 Å². The summed E-state index contributed by atoms with van der Waals surface area (Å²) in [5.74, 6) is -0.620. The fourth-order valence-electron chi connectivity index (χ4n) is 3.88. The summed E-state index contributed by atoms with van der Waals surface area (Å²) >= 11 is 5.94. The maximum absolute atomic E-state index is 13.9. The van der Waals surface area contributed by atoms with Crippen LogP contribution in [-0.2, 0) is 11.2 Å². The van der Waals surface area contributed by atoms with Crippen LogP contribution in [0.3, 0.4) is 0 Å². The second-order valence-corrected chi connectivity index (χ2v) is 8.93. The Kier molecular flexibility index (Phi) is 9.88. The zero-order valence-corrected chi connectivity index (χ0v) is 19.5. The number of aromatic nitrogens is 1. The van der Waals surface area contributed by atoms with Crippen molar-refractivity contribution in [1.29, 1.82) is 0 Å². The number of hydrogen-bond acceptors (Lipinski definition) is 4. The Bertz CT molecular complexity index is 835. The molecular formula is C24H33ClFN3O2. The zero-order valence-electron chi connectivity index (χ0n) is 18.7. The molecule has 0 aliphatic rings. The van der Waals surface area contributed by atoms with Gasteiger partial charge in [-0.25, -0.2) is 9.87 Å². The first-order valence-corrected chi connectivity index (χ1v) is 11.1. The normalized spacial score (nSPS) is 13.3. The van der Waals surface area contributed by atoms with Crippen molar-refractivity contribution >= 4 is 17.5 Å². The average Bonchev–Trinajstić information content (AvgIpc) is 2.73. The van der Waals surface area contributed by atoms with Gasteiger partial charge in [0.15, 0.2) is 0 Å². The summed E-state index contributed by atoms with van der Waals surface area (Å²) < 4.78 is 13.9. The van der Waals surface area contributed by atoms with Crippen LogP contribution >= 0.6 is 11.6 Å². The molecule has 0 fully saturated rings. The molecule has 0 radical (unpaired) electrons.